The van der Waals surface area contributed by atoms with E-state index in [1.165, 1.54) is 0 Å². The molecule has 3 rings (SSSR count). The first-order chi connectivity index (χ1) is 8.83. The molecule has 0 spiro atoms. The standard InChI is InChI=1S/C14H13N3O/c15-11-4-3-10-5-6-16-14(13(10)8-11)17-9-12-2-1-7-18-12/h1-8H,9,15H2,(H,16,17). The van der Waals surface area contributed by atoms with Crippen molar-refractivity contribution in [3.8, 4) is 0 Å². The zero-order valence-electron chi connectivity index (χ0n) is 9.76. The van der Waals surface area contributed by atoms with Crippen LogP contribution in [0.25, 0.3) is 10.8 Å². The fraction of sp³-hybridized carbons (Fsp3) is 0.0714. The zero-order valence-corrected chi connectivity index (χ0v) is 9.76. The molecule has 0 aliphatic rings. The Hall–Kier alpha value is -2.49. The lowest BCUT2D eigenvalue weighted by Gasteiger charge is -2.08. The number of fused-ring (bicyclic) bond motifs is 1. The second kappa shape index (κ2) is 4.41. The Labute approximate surface area is 104 Å². The summed E-state index contributed by atoms with van der Waals surface area (Å²) in [6.45, 7) is 0.605. The Morgan fingerprint density at radius 1 is 1.22 bits per heavy atom. The van der Waals surface area contributed by atoms with Crippen molar-refractivity contribution in [3.63, 3.8) is 0 Å². The Kier molecular flexibility index (Phi) is 2.61. The molecule has 90 valence electrons. The van der Waals surface area contributed by atoms with Gasteiger partial charge in [0.2, 0.25) is 0 Å². The van der Waals surface area contributed by atoms with E-state index in [0.717, 1.165) is 28.0 Å². The number of benzene rings is 1. The van der Waals surface area contributed by atoms with Crippen LogP contribution in [-0.4, -0.2) is 4.98 Å². The number of aromatic nitrogens is 1. The summed E-state index contributed by atoms with van der Waals surface area (Å²) in [7, 11) is 0. The van der Waals surface area contributed by atoms with E-state index in [-0.39, 0.29) is 0 Å². The van der Waals surface area contributed by atoms with Crippen molar-refractivity contribution < 1.29 is 4.42 Å². The van der Waals surface area contributed by atoms with Gasteiger partial charge in [0, 0.05) is 17.3 Å². The lowest BCUT2D eigenvalue weighted by Crippen LogP contribution is -2.01. The van der Waals surface area contributed by atoms with E-state index in [1.807, 2.05) is 36.4 Å². The average Bonchev–Trinajstić information content (AvgIpc) is 2.89. The molecule has 0 aliphatic carbocycles. The molecule has 0 amide bonds. The van der Waals surface area contributed by atoms with Gasteiger partial charge in [-0.3, -0.25) is 0 Å². The van der Waals surface area contributed by atoms with E-state index in [0.29, 0.717) is 6.54 Å². The third kappa shape index (κ3) is 2.00. The predicted molar refractivity (Wildman–Crippen MR) is 72.2 cm³/mol. The molecule has 0 unspecified atom stereocenters. The molecule has 0 aliphatic heterocycles. The van der Waals surface area contributed by atoms with Crippen molar-refractivity contribution in [2.75, 3.05) is 11.1 Å². The Morgan fingerprint density at radius 2 is 2.17 bits per heavy atom. The summed E-state index contributed by atoms with van der Waals surface area (Å²) in [4.78, 5) is 4.34. The first-order valence-electron chi connectivity index (χ1n) is 5.73. The number of nitrogens with two attached hydrogens (primary N) is 1. The van der Waals surface area contributed by atoms with Gasteiger partial charge in [-0.2, -0.15) is 0 Å². The van der Waals surface area contributed by atoms with Gasteiger partial charge in [-0.05, 0) is 35.7 Å². The van der Waals surface area contributed by atoms with Gasteiger partial charge in [0.25, 0.3) is 0 Å². The van der Waals surface area contributed by atoms with Crippen molar-refractivity contribution in [1.29, 1.82) is 0 Å². The highest BCUT2D eigenvalue weighted by Crippen LogP contribution is 2.23. The van der Waals surface area contributed by atoms with Gasteiger partial charge in [-0.25, -0.2) is 4.98 Å². The molecule has 0 saturated carbocycles. The Morgan fingerprint density at radius 3 is 3.00 bits per heavy atom. The van der Waals surface area contributed by atoms with Crippen LogP contribution in [0.15, 0.2) is 53.3 Å². The molecular formula is C14H13N3O. The third-order valence-electron chi connectivity index (χ3n) is 2.80. The summed E-state index contributed by atoms with van der Waals surface area (Å²) >= 11 is 0. The summed E-state index contributed by atoms with van der Waals surface area (Å²) in [5.41, 5.74) is 6.54. The van der Waals surface area contributed by atoms with Crippen molar-refractivity contribution >= 4 is 22.3 Å². The highest BCUT2D eigenvalue weighted by Gasteiger charge is 2.03. The number of rotatable bonds is 3. The molecule has 0 atom stereocenters. The van der Waals surface area contributed by atoms with E-state index in [4.69, 9.17) is 10.2 Å². The normalized spacial score (nSPS) is 10.7. The molecule has 4 nitrogen and oxygen atoms in total. The molecule has 0 fully saturated rings. The Balaban J connectivity index is 1.93. The molecule has 2 heterocycles. The number of nitrogen functional groups attached to an aromatic ring is 1. The number of pyridine rings is 1. The van der Waals surface area contributed by atoms with Crippen LogP contribution in [0, 0.1) is 0 Å². The van der Waals surface area contributed by atoms with Crippen molar-refractivity contribution in [1.82, 2.24) is 4.98 Å². The van der Waals surface area contributed by atoms with E-state index >= 15 is 0 Å². The van der Waals surface area contributed by atoms with Crippen LogP contribution in [0.1, 0.15) is 5.76 Å². The lowest BCUT2D eigenvalue weighted by molar-refractivity contribution is 0.518. The lowest BCUT2D eigenvalue weighted by atomic mass is 10.1. The largest absolute Gasteiger partial charge is 0.467 e. The van der Waals surface area contributed by atoms with Gasteiger partial charge in [-0.15, -0.1) is 0 Å². The summed E-state index contributed by atoms with van der Waals surface area (Å²) in [6.07, 6.45) is 3.44. The van der Waals surface area contributed by atoms with Crippen LogP contribution < -0.4 is 11.1 Å². The van der Waals surface area contributed by atoms with Crippen molar-refractivity contribution in [3.05, 3.63) is 54.6 Å². The highest BCUT2D eigenvalue weighted by atomic mass is 16.3. The molecule has 4 heteroatoms. The molecule has 18 heavy (non-hydrogen) atoms. The molecule has 0 saturated heterocycles. The fourth-order valence-electron chi connectivity index (χ4n) is 1.91. The average molecular weight is 239 g/mol. The molecular weight excluding hydrogens is 226 g/mol. The van der Waals surface area contributed by atoms with Gasteiger partial charge in [0.1, 0.15) is 11.6 Å². The summed E-state index contributed by atoms with van der Waals surface area (Å²) < 4.78 is 5.28. The summed E-state index contributed by atoms with van der Waals surface area (Å²) in [6, 6.07) is 11.6. The van der Waals surface area contributed by atoms with Crippen LogP contribution in [0.3, 0.4) is 0 Å². The minimum absolute atomic E-state index is 0.605. The Bertz CT molecular complexity index is 662. The van der Waals surface area contributed by atoms with Crippen LogP contribution in [0.5, 0.6) is 0 Å². The minimum Gasteiger partial charge on any atom is -0.467 e. The maximum atomic E-state index is 5.81. The quantitative estimate of drug-likeness (QED) is 0.689. The van der Waals surface area contributed by atoms with E-state index in [1.54, 1.807) is 12.5 Å². The van der Waals surface area contributed by atoms with Crippen LogP contribution in [0.4, 0.5) is 11.5 Å². The van der Waals surface area contributed by atoms with Crippen LogP contribution in [-0.2, 0) is 6.54 Å². The first kappa shape index (κ1) is 10.7. The van der Waals surface area contributed by atoms with Gasteiger partial charge < -0.3 is 15.5 Å². The SMILES string of the molecule is Nc1ccc2ccnc(NCc3ccco3)c2c1. The van der Waals surface area contributed by atoms with Crippen LogP contribution in [0.2, 0.25) is 0 Å². The summed E-state index contributed by atoms with van der Waals surface area (Å²) in [5, 5.41) is 5.39. The minimum atomic E-state index is 0.605. The van der Waals surface area contributed by atoms with Gasteiger partial charge in [0.05, 0.1) is 12.8 Å². The smallest absolute Gasteiger partial charge is 0.134 e. The number of anilines is 2. The second-order valence-corrected chi connectivity index (χ2v) is 4.07. The fourth-order valence-corrected chi connectivity index (χ4v) is 1.91. The molecule has 1 aromatic carbocycles. The summed E-state index contributed by atoms with van der Waals surface area (Å²) in [5.74, 6) is 1.69. The van der Waals surface area contributed by atoms with E-state index in [2.05, 4.69) is 10.3 Å². The number of nitrogens with one attached hydrogen (secondary N) is 1. The molecule has 0 bridgehead atoms. The molecule has 2 aromatic heterocycles. The molecule has 3 N–H and O–H groups in total. The molecule has 0 radical (unpaired) electrons. The van der Waals surface area contributed by atoms with Gasteiger partial charge >= 0.3 is 0 Å². The molecule has 3 aromatic rings. The highest BCUT2D eigenvalue weighted by molar-refractivity contribution is 5.93. The maximum absolute atomic E-state index is 5.81. The van der Waals surface area contributed by atoms with Crippen LogP contribution >= 0.6 is 0 Å². The monoisotopic (exact) mass is 239 g/mol. The number of hydrogen-bond acceptors (Lipinski definition) is 4. The zero-order chi connectivity index (χ0) is 12.4. The number of nitrogens with zero attached hydrogens (tertiary/aromatic N) is 1. The maximum Gasteiger partial charge on any atom is 0.134 e. The topological polar surface area (TPSA) is 64.1 Å². The number of hydrogen-bond donors (Lipinski definition) is 2. The van der Waals surface area contributed by atoms with Crippen molar-refractivity contribution in [2.45, 2.75) is 6.54 Å². The first-order valence-corrected chi connectivity index (χ1v) is 5.73. The number of furan rings is 1. The second-order valence-electron chi connectivity index (χ2n) is 4.07. The third-order valence-corrected chi connectivity index (χ3v) is 2.80. The van der Waals surface area contributed by atoms with Crippen molar-refractivity contribution in [2.24, 2.45) is 0 Å². The van der Waals surface area contributed by atoms with E-state index in [9.17, 15) is 0 Å². The van der Waals surface area contributed by atoms with Gasteiger partial charge in [-0.1, -0.05) is 6.07 Å². The van der Waals surface area contributed by atoms with E-state index < -0.39 is 0 Å². The predicted octanol–water partition coefficient (Wildman–Crippen LogP) is 3.02. The van der Waals surface area contributed by atoms with Gasteiger partial charge in [0.15, 0.2) is 0 Å².